The first-order valence-corrected chi connectivity index (χ1v) is 12.6. The van der Waals surface area contributed by atoms with E-state index in [9.17, 15) is 18.0 Å². The highest BCUT2D eigenvalue weighted by Gasteiger charge is 2.32. The van der Waals surface area contributed by atoms with E-state index in [0.717, 1.165) is 18.4 Å². The molecule has 8 heteroatoms. The Labute approximate surface area is 179 Å². The summed E-state index contributed by atoms with van der Waals surface area (Å²) in [6.07, 6.45) is 3.85. The molecule has 0 saturated carbocycles. The van der Waals surface area contributed by atoms with Crippen LogP contribution in [-0.4, -0.2) is 67.4 Å². The van der Waals surface area contributed by atoms with Gasteiger partial charge < -0.3 is 10.2 Å². The van der Waals surface area contributed by atoms with Gasteiger partial charge in [0.2, 0.25) is 21.8 Å². The predicted octanol–water partition coefficient (Wildman–Crippen LogP) is 1.79. The van der Waals surface area contributed by atoms with E-state index < -0.39 is 10.0 Å². The molecule has 0 spiro atoms. The molecule has 1 unspecified atom stereocenters. The van der Waals surface area contributed by atoms with Gasteiger partial charge in [0.25, 0.3) is 0 Å². The summed E-state index contributed by atoms with van der Waals surface area (Å²) >= 11 is 0. The lowest BCUT2D eigenvalue weighted by Gasteiger charge is -2.35. The Bertz CT molecular complexity index is 820. The molecule has 3 rings (SSSR count). The number of carbonyl (C=O) groups is 2. The third-order valence-corrected chi connectivity index (χ3v) is 8.07. The van der Waals surface area contributed by atoms with Crippen LogP contribution in [0.25, 0.3) is 0 Å². The highest BCUT2D eigenvalue weighted by atomic mass is 32.2. The molecule has 2 aliphatic heterocycles. The van der Waals surface area contributed by atoms with Gasteiger partial charge in [-0.2, -0.15) is 0 Å². The van der Waals surface area contributed by atoms with Gasteiger partial charge in [0.1, 0.15) is 0 Å². The maximum atomic E-state index is 12.8. The SMILES string of the molecule is CCCS(=O)(=O)N1CCC(NC(=O)C2CCCN(C(=O)Cc3ccccc3)C2)CC1. The molecule has 0 bridgehead atoms. The summed E-state index contributed by atoms with van der Waals surface area (Å²) in [5.41, 5.74) is 0.985. The van der Waals surface area contributed by atoms with E-state index in [1.54, 1.807) is 9.21 Å². The smallest absolute Gasteiger partial charge is 0.227 e. The number of likely N-dealkylation sites (tertiary alicyclic amines) is 1. The quantitative estimate of drug-likeness (QED) is 0.707. The number of hydrogen-bond acceptors (Lipinski definition) is 4. The highest BCUT2D eigenvalue weighted by molar-refractivity contribution is 7.89. The Balaban J connectivity index is 1.47. The minimum atomic E-state index is -3.17. The summed E-state index contributed by atoms with van der Waals surface area (Å²) in [6.45, 7) is 3.94. The van der Waals surface area contributed by atoms with Crippen molar-refractivity contribution in [1.82, 2.24) is 14.5 Å². The van der Waals surface area contributed by atoms with Crippen molar-refractivity contribution in [2.24, 2.45) is 5.92 Å². The third kappa shape index (κ3) is 6.04. The summed E-state index contributed by atoms with van der Waals surface area (Å²) in [7, 11) is -3.17. The predicted molar refractivity (Wildman–Crippen MR) is 116 cm³/mol. The summed E-state index contributed by atoms with van der Waals surface area (Å²) in [6, 6.07) is 9.67. The minimum Gasteiger partial charge on any atom is -0.353 e. The third-order valence-electron chi connectivity index (χ3n) is 6.00. The van der Waals surface area contributed by atoms with Crippen LogP contribution in [0.15, 0.2) is 30.3 Å². The second-order valence-corrected chi connectivity index (χ2v) is 10.4. The van der Waals surface area contributed by atoms with Crippen LogP contribution >= 0.6 is 0 Å². The molecule has 2 aliphatic rings. The molecular weight excluding hydrogens is 402 g/mol. The van der Waals surface area contributed by atoms with Crippen molar-refractivity contribution in [1.29, 1.82) is 0 Å². The zero-order valence-corrected chi connectivity index (χ0v) is 18.6. The van der Waals surface area contributed by atoms with E-state index in [1.165, 1.54) is 0 Å². The Morgan fingerprint density at radius 2 is 1.77 bits per heavy atom. The molecule has 0 aromatic heterocycles. The number of sulfonamides is 1. The highest BCUT2D eigenvalue weighted by Crippen LogP contribution is 2.20. The average Bonchev–Trinajstić information content (AvgIpc) is 2.75. The van der Waals surface area contributed by atoms with Crippen molar-refractivity contribution in [2.45, 2.75) is 51.5 Å². The summed E-state index contributed by atoms with van der Waals surface area (Å²) in [5, 5.41) is 3.10. The van der Waals surface area contributed by atoms with Crippen molar-refractivity contribution in [2.75, 3.05) is 31.9 Å². The topological polar surface area (TPSA) is 86.8 Å². The summed E-state index contributed by atoms with van der Waals surface area (Å²) in [4.78, 5) is 27.2. The molecule has 0 radical (unpaired) electrons. The van der Waals surface area contributed by atoms with Crippen molar-refractivity contribution >= 4 is 21.8 Å². The molecule has 166 valence electrons. The minimum absolute atomic E-state index is 0.000901. The van der Waals surface area contributed by atoms with Gasteiger partial charge in [-0.25, -0.2) is 12.7 Å². The first kappa shape index (κ1) is 22.7. The van der Waals surface area contributed by atoms with Crippen LogP contribution in [0.5, 0.6) is 0 Å². The Morgan fingerprint density at radius 1 is 1.07 bits per heavy atom. The number of amides is 2. The van der Waals surface area contributed by atoms with Gasteiger partial charge >= 0.3 is 0 Å². The summed E-state index contributed by atoms with van der Waals surface area (Å²) < 4.78 is 25.9. The van der Waals surface area contributed by atoms with Gasteiger partial charge in [-0.3, -0.25) is 9.59 Å². The molecule has 2 saturated heterocycles. The van der Waals surface area contributed by atoms with Gasteiger partial charge in [0, 0.05) is 32.2 Å². The molecule has 0 aliphatic carbocycles. The largest absolute Gasteiger partial charge is 0.353 e. The van der Waals surface area contributed by atoms with E-state index in [2.05, 4.69) is 5.32 Å². The fourth-order valence-corrected chi connectivity index (χ4v) is 5.83. The lowest BCUT2D eigenvalue weighted by Crippen LogP contribution is -2.51. The number of hydrogen-bond donors (Lipinski definition) is 1. The number of rotatable bonds is 7. The molecule has 1 N–H and O–H groups in total. The molecule has 2 amide bonds. The second-order valence-electron chi connectivity index (χ2n) is 8.34. The molecule has 30 heavy (non-hydrogen) atoms. The lowest BCUT2D eigenvalue weighted by molar-refractivity contribution is -0.135. The Morgan fingerprint density at radius 3 is 2.43 bits per heavy atom. The monoisotopic (exact) mass is 435 g/mol. The number of piperidine rings is 2. The Hall–Kier alpha value is -1.93. The normalized spacial score (nSPS) is 21.4. The van der Waals surface area contributed by atoms with Crippen LogP contribution in [0, 0.1) is 5.92 Å². The van der Waals surface area contributed by atoms with E-state index in [-0.39, 0.29) is 29.5 Å². The van der Waals surface area contributed by atoms with E-state index in [4.69, 9.17) is 0 Å². The molecule has 1 aromatic rings. The van der Waals surface area contributed by atoms with Crippen LogP contribution in [-0.2, 0) is 26.0 Å². The maximum Gasteiger partial charge on any atom is 0.227 e. The van der Waals surface area contributed by atoms with Crippen molar-refractivity contribution < 1.29 is 18.0 Å². The molecule has 1 aromatic carbocycles. The number of nitrogens with zero attached hydrogens (tertiary/aromatic N) is 2. The maximum absolute atomic E-state index is 12.8. The number of nitrogens with one attached hydrogen (secondary N) is 1. The molecule has 2 heterocycles. The van der Waals surface area contributed by atoms with Crippen LogP contribution in [0.3, 0.4) is 0 Å². The van der Waals surface area contributed by atoms with Crippen LogP contribution in [0.1, 0.15) is 44.6 Å². The Kier molecular flexibility index (Phi) is 7.88. The fourth-order valence-electron chi connectivity index (χ4n) is 4.28. The first-order chi connectivity index (χ1) is 14.4. The van der Waals surface area contributed by atoms with Gasteiger partial charge in [0.15, 0.2) is 0 Å². The zero-order chi connectivity index (χ0) is 21.6. The lowest BCUT2D eigenvalue weighted by atomic mass is 9.95. The summed E-state index contributed by atoms with van der Waals surface area (Å²) in [5.74, 6) is 0.0365. The van der Waals surface area contributed by atoms with E-state index in [0.29, 0.717) is 51.9 Å². The fraction of sp³-hybridized carbons (Fsp3) is 0.636. The average molecular weight is 436 g/mol. The van der Waals surface area contributed by atoms with E-state index >= 15 is 0 Å². The molecular formula is C22H33N3O4S. The number of benzene rings is 1. The standard InChI is InChI=1S/C22H33N3O4S/c1-2-15-30(28,29)25-13-10-20(11-14-25)23-22(27)19-9-6-12-24(17-19)21(26)16-18-7-4-3-5-8-18/h3-5,7-8,19-20H,2,6,9-17H2,1H3,(H,23,27). The van der Waals surface area contributed by atoms with Gasteiger partial charge in [-0.15, -0.1) is 0 Å². The molecule has 1 atom stereocenters. The second kappa shape index (κ2) is 10.4. The van der Waals surface area contributed by atoms with Crippen molar-refractivity contribution in [3.05, 3.63) is 35.9 Å². The van der Waals surface area contributed by atoms with Crippen LogP contribution < -0.4 is 5.32 Å². The van der Waals surface area contributed by atoms with E-state index in [1.807, 2.05) is 37.3 Å². The molecule has 2 fully saturated rings. The van der Waals surface area contributed by atoms with Crippen molar-refractivity contribution in [3.8, 4) is 0 Å². The molecule has 7 nitrogen and oxygen atoms in total. The van der Waals surface area contributed by atoms with Gasteiger partial charge in [0.05, 0.1) is 18.1 Å². The first-order valence-electron chi connectivity index (χ1n) is 11.0. The number of carbonyl (C=O) groups excluding carboxylic acids is 2. The van der Waals surface area contributed by atoms with Gasteiger partial charge in [-0.05, 0) is 37.7 Å². The van der Waals surface area contributed by atoms with Crippen LogP contribution in [0.4, 0.5) is 0 Å². The van der Waals surface area contributed by atoms with Crippen LogP contribution in [0.2, 0.25) is 0 Å². The van der Waals surface area contributed by atoms with Gasteiger partial charge in [-0.1, -0.05) is 37.3 Å². The van der Waals surface area contributed by atoms with Crippen molar-refractivity contribution in [3.63, 3.8) is 0 Å². The zero-order valence-electron chi connectivity index (χ0n) is 17.8.